The Morgan fingerprint density at radius 3 is 1.54 bits per heavy atom. The molecule has 2 atom stereocenters. The molecule has 0 amide bonds. The first-order chi connectivity index (χ1) is 26.6. The molecule has 6 rings (SSSR count). The number of aromatic amines is 2. The molecule has 2 aromatic heterocycles. The van der Waals surface area contributed by atoms with E-state index >= 15 is 0 Å². The zero-order valence-electron chi connectivity index (χ0n) is 31.6. The van der Waals surface area contributed by atoms with Gasteiger partial charge in [-0.3, -0.25) is 19.6 Å². The second-order valence-electron chi connectivity index (χ2n) is 14.5. The van der Waals surface area contributed by atoms with Gasteiger partial charge in [-0.15, -0.1) is 0 Å². The molecule has 5 N–H and O–H groups in total. The summed E-state index contributed by atoms with van der Waals surface area (Å²) in [6.45, 7) is 4.87. The van der Waals surface area contributed by atoms with Gasteiger partial charge in [0, 0.05) is 39.1 Å². The molecule has 304 valence electrons. The average Bonchev–Trinajstić information content (AvgIpc) is 3.71. The number of fused-ring (bicyclic) bond motifs is 2. The number of benzene rings is 4. The number of hydrogen-bond acceptors (Lipinski definition) is 8. The summed E-state index contributed by atoms with van der Waals surface area (Å²) in [5.74, 6) is -1.85. The highest BCUT2D eigenvalue weighted by Crippen LogP contribution is 2.39. The van der Waals surface area contributed by atoms with Crippen molar-refractivity contribution in [3.63, 3.8) is 0 Å². The number of sulfonamides is 2. The predicted molar refractivity (Wildman–Crippen MR) is 221 cm³/mol. The van der Waals surface area contributed by atoms with Crippen LogP contribution in [0.25, 0.3) is 21.8 Å². The van der Waals surface area contributed by atoms with Crippen LogP contribution in [0.15, 0.2) is 72.8 Å². The van der Waals surface area contributed by atoms with E-state index in [1.54, 1.807) is 74.5 Å². The highest BCUT2D eigenvalue weighted by Gasteiger charge is 2.27. The number of H-pyrrole nitrogens is 2. The lowest BCUT2D eigenvalue weighted by Crippen LogP contribution is -2.20. The molecule has 12 nitrogen and oxygen atoms in total. The highest BCUT2D eigenvalue weighted by molar-refractivity contribution is 7.92. The van der Waals surface area contributed by atoms with Crippen molar-refractivity contribution >= 4 is 82.2 Å². The molecular formula is C39H42Cl2F2N6O6S2. The molecule has 6 aromatic rings. The first-order valence-electron chi connectivity index (χ1n) is 17.6. The summed E-state index contributed by atoms with van der Waals surface area (Å²) in [6.07, 6.45) is 3.61. The third kappa shape index (κ3) is 11.5. The quantitative estimate of drug-likeness (QED) is 0.0720. The minimum atomic E-state index is -3.49. The largest absolute Gasteiger partial charge is 0.390 e. The van der Waals surface area contributed by atoms with Crippen LogP contribution in [0.5, 0.6) is 0 Å². The number of aromatic nitrogens is 4. The van der Waals surface area contributed by atoms with E-state index in [2.05, 4.69) is 29.8 Å². The lowest BCUT2D eigenvalue weighted by atomic mass is 9.86. The summed E-state index contributed by atoms with van der Waals surface area (Å²) in [7, 11) is -6.97. The predicted octanol–water partition coefficient (Wildman–Crippen LogP) is 8.64. The fourth-order valence-corrected chi connectivity index (χ4v) is 7.98. The van der Waals surface area contributed by atoms with Crippen LogP contribution < -0.4 is 9.44 Å². The number of aliphatic hydroxyl groups is 1. The smallest absolute Gasteiger partial charge is 0.229 e. The summed E-state index contributed by atoms with van der Waals surface area (Å²) in [4.78, 5) is 11.5. The van der Waals surface area contributed by atoms with E-state index in [0.717, 1.165) is 12.5 Å². The molecule has 57 heavy (non-hydrogen) atoms. The van der Waals surface area contributed by atoms with Gasteiger partial charge >= 0.3 is 0 Å². The van der Waals surface area contributed by atoms with Crippen molar-refractivity contribution in [1.82, 2.24) is 20.4 Å². The third-order valence-corrected chi connectivity index (χ3v) is 10.7. The Bertz CT molecular complexity index is 2650. The average molecular weight is 864 g/mol. The van der Waals surface area contributed by atoms with Gasteiger partial charge in [-0.05, 0) is 87.6 Å². The zero-order valence-corrected chi connectivity index (χ0v) is 34.8. The van der Waals surface area contributed by atoms with Crippen LogP contribution in [0.3, 0.4) is 0 Å². The molecule has 0 aliphatic heterocycles. The van der Waals surface area contributed by atoms with E-state index in [-0.39, 0.29) is 17.2 Å². The number of rotatable bonds is 14. The maximum Gasteiger partial charge on any atom is 0.229 e. The van der Waals surface area contributed by atoms with Gasteiger partial charge in [0.1, 0.15) is 28.5 Å². The molecule has 0 fully saturated rings. The van der Waals surface area contributed by atoms with Crippen molar-refractivity contribution in [3.8, 4) is 0 Å². The van der Waals surface area contributed by atoms with Crippen LogP contribution in [-0.2, 0) is 24.8 Å². The number of hydrogen-bond donors (Lipinski definition) is 5. The van der Waals surface area contributed by atoms with E-state index in [9.17, 15) is 35.5 Å². The number of anilines is 2. The van der Waals surface area contributed by atoms with Gasteiger partial charge in [-0.25, -0.2) is 25.6 Å². The molecule has 2 unspecified atom stereocenters. The molecule has 0 saturated heterocycles. The van der Waals surface area contributed by atoms with Crippen molar-refractivity contribution in [2.45, 2.75) is 63.9 Å². The summed E-state index contributed by atoms with van der Waals surface area (Å²) in [6, 6.07) is 19.1. The van der Waals surface area contributed by atoms with E-state index in [0.29, 0.717) is 80.0 Å². The minimum Gasteiger partial charge on any atom is -0.390 e. The zero-order chi connectivity index (χ0) is 41.9. The van der Waals surface area contributed by atoms with E-state index < -0.39 is 49.1 Å². The molecule has 0 aliphatic carbocycles. The molecule has 0 bridgehead atoms. The van der Waals surface area contributed by atoms with Gasteiger partial charge in [0.15, 0.2) is 0 Å². The maximum absolute atomic E-state index is 14.7. The van der Waals surface area contributed by atoms with Crippen molar-refractivity contribution in [3.05, 3.63) is 117 Å². The van der Waals surface area contributed by atoms with Gasteiger partial charge in [0.2, 0.25) is 20.0 Å². The number of nitrogens with zero attached hydrogens (tertiary/aromatic N) is 2. The van der Waals surface area contributed by atoms with Crippen LogP contribution in [-0.4, -0.2) is 66.2 Å². The Morgan fingerprint density at radius 1 is 0.754 bits per heavy atom. The third-order valence-electron chi connectivity index (χ3n) is 9.02. The maximum atomic E-state index is 14.7. The lowest BCUT2D eigenvalue weighted by molar-refractivity contribution is -0.117. The molecule has 0 radical (unpaired) electrons. The van der Waals surface area contributed by atoms with E-state index in [1.807, 2.05) is 0 Å². The van der Waals surface area contributed by atoms with E-state index in [4.69, 9.17) is 23.2 Å². The van der Waals surface area contributed by atoms with Crippen LogP contribution in [0.4, 0.5) is 20.2 Å². The monoisotopic (exact) mass is 862 g/mol. The number of carbonyl (C=O) groups is 1. The standard InChI is InChI=1S/C20H23ClFN3O3S.C19H19ClFN3O3S/c1-20(2,26)10-9-14(13-8-7-12(21)11-16(13)22)18-15-5-4-6-17(19(15)24-23-18)25-29(3,27)28;1-11(25)6-8-14(13-9-7-12(20)10-16(13)21)18-15-4-3-5-17(19(15)23-22-18)24-28(2,26)27/h4-8,11,14,25-26H,9-10H2,1-3H3,(H,23,24);3-5,7,9-10,14,24H,6,8H2,1-2H3,(H,22,23). The first kappa shape index (κ1) is 43.5. The Morgan fingerprint density at radius 2 is 1.18 bits per heavy atom. The van der Waals surface area contributed by atoms with Gasteiger partial charge in [-0.1, -0.05) is 59.6 Å². The molecule has 18 heteroatoms. The minimum absolute atomic E-state index is 0.0115. The van der Waals surface area contributed by atoms with Crippen LogP contribution >= 0.6 is 23.2 Å². The summed E-state index contributed by atoms with van der Waals surface area (Å²) in [5, 5.41) is 26.5. The molecule has 0 saturated carbocycles. The SMILES string of the molecule is CC(=O)CCC(c1ccc(Cl)cc1F)c1[nH]nc2c(NS(C)(=O)=O)cccc12.CC(C)(O)CCC(c1ccc(Cl)cc1F)c1[nH]nc2c(NS(C)(=O)=O)cccc12. The second-order valence-corrected chi connectivity index (χ2v) is 18.8. The molecular weight excluding hydrogens is 822 g/mol. The fourth-order valence-electron chi connectivity index (χ4n) is 6.53. The van der Waals surface area contributed by atoms with Gasteiger partial charge < -0.3 is 9.90 Å². The van der Waals surface area contributed by atoms with Crippen molar-refractivity contribution in [1.29, 1.82) is 0 Å². The normalized spacial score (nSPS) is 13.2. The molecule has 0 aliphatic rings. The molecule has 4 aromatic carbocycles. The van der Waals surface area contributed by atoms with Gasteiger partial charge in [0.05, 0.1) is 40.9 Å². The number of Topliss-reactive ketones (excluding diaryl/α,β-unsaturated/α-hetero) is 1. The Labute approximate surface area is 339 Å². The number of halogens is 4. The number of para-hydroxylation sites is 2. The Balaban J connectivity index is 0.000000218. The summed E-state index contributed by atoms with van der Waals surface area (Å²) >= 11 is 11.8. The topological polar surface area (TPSA) is 187 Å². The van der Waals surface area contributed by atoms with Crippen LogP contribution in [0.2, 0.25) is 10.0 Å². The molecule has 2 heterocycles. The van der Waals surface area contributed by atoms with Crippen molar-refractivity contribution in [2.24, 2.45) is 0 Å². The Hall–Kier alpha value is -4.61. The number of ketones is 1. The lowest BCUT2D eigenvalue weighted by Gasteiger charge is -2.23. The Kier molecular flexibility index (Phi) is 13.3. The number of nitrogens with one attached hydrogen (secondary N) is 4. The van der Waals surface area contributed by atoms with Crippen LogP contribution in [0.1, 0.15) is 80.8 Å². The van der Waals surface area contributed by atoms with Gasteiger partial charge in [-0.2, -0.15) is 10.2 Å². The first-order valence-corrected chi connectivity index (χ1v) is 22.2. The van der Waals surface area contributed by atoms with Crippen molar-refractivity contribution < 1.29 is 35.5 Å². The summed E-state index contributed by atoms with van der Waals surface area (Å²) < 4.78 is 80.8. The molecule has 0 spiro atoms. The second kappa shape index (κ2) is 17.5. The van der Waals surface area contributed by atoms with E-state index in [1.165, 1.54) is 19.1 Å². The van der Waals surface area contributed by atoms with Gasteiger partial charge in [0.25, 0.3) is 0 Å². The number of carbonyl (C=O) groups excluding carboxylic acids is 1. The summed E-state index contributed by atoms with van der Waals surface area (Å²) in [5.41, 5.74) is 2.65. The fraction of sp³-hybridized carbons (Fsp3) is 0.308. The van der Waals surface area contributed by atoms with Crippen LogP contribution in [0, 0.1) is 11.6 Å². The van der Waals surface area contributed by atoms with Crippen molar-refractivity contribution in [2.75, 3.05) is 22.0 Å². The highest BCUT2D eigenvalue weighted by atomic mass is 35.5.